The highest BCUT2D eigenvalue weighted by Gasteiger charge is 2.22. The summed E-state index contributed by atoms with van der Waals surface area (Å²) in [6.07, 6.45) is 15.4. The number of allylic oxidation sites excluding steroid dienone is 5. The number of hydrogen-bond acceptors (Lipinski definition) is 2. The van der Waals surface area contributed by atoms with Gasteiger partial charge in [0.2, 0.25) is 0 Å². The van der Waals surface area contributed by atoms with E-state index in [2.05, 4.69) is 60.1 Å². The molecule has 0 aromatic rings. The van der Waals surface area contributed by atoms with E-state index in [9.17, 15) is 0 Å². The van der Waals surface area contributed by atoms with Crippen molar-refractivity contribution in [3.8, 4) is 0 Å². The van der Waals surface area contributed by atoms with Crippen LogP contribution in [0.1, 0.15) is 6.92 Å². The minimum Gasteiger partial charge on any atom is -0.372 e. The lowest BCUT2D eigenvalue weighted by molar-refractivity contribution is 0.569. The van der Waals surface area contributed by atoms with Gasteiger partial charge in [0.15, 0.2) is 0 Å². The second-order valence-electron chi connectivity index (χ2n) is 4.45. The monoisotopic (exact) mass is 212 g/mol. The lowest BCUT2D eigenvalue weighted by atomic mass is 9.95. The van der Waals surface area contributed by atoms with Gasteiger partial charge in [0.1, 0.15) is 0 Å². The molecule has 2 aliphatic carbocycles. The molecule has 0 aromatic heterocycles. The maximum Gasteiger partial charge on any atom is 0.0660 e. The Balaban J connectivity index is 2.02. The molecular weight excluding hydrogens is 196 g/mol. The molecule has 3 rings (SSSR count). The summed E-state index contributed by atoms with van der Waals surface area (Å²) in [5.41, 5.74) is 3.96. The van der Waals surface area contributed by atoms with Crippen molar-refractivity contribution >= 4 is 0 Å². The predicted molar refractivity (Wildman–Crippen MR) is 66.6 cm³/mol. The molecule has 2 heteroatoms. The van der Waals surface area contributed by atoms with E-state index < -0.39 is 0 Å². The highest BCUT2D eigenvalue weighted by molar-refractivity contribution is 5.53. The van der Waals surface area contributed by atoms with Gasteiger partial charge < -0.3 is 5.32 Å². The van der Waals surface area contributed by atoms with Gasteiger partial charge in [-0.05, 0) is 17.1 Å². The largest absolute Gasteiger partial charge is 0.372 e. The first-order chi connectivity index (χ1) is 7.84. The normalized spacial score (nSPS) is 31.4. The van der Waals surface area contributed by atoms with E-state index >= 15 is 0 Å². The Labute approximate surface area is 96.1 Å². The van der Waals surface area contributed by atoms with E-state index in [-0.39, 0.29) is 0 Å². The van der Waals surface area contributed by atoms with Gasteiger partial charge in [-0.1, -0.05) is 49.5 Å². The molecule has 0 saturated heterocycles. The molecule has 0 radical (unpaired) electrons. The summed E-state index contributed by atoms with van der Waals surface area (Å²) in [5, 5.41) is 6.87. The van der Waals surface area contributed by atoms with Crippen LogP contribution in [0.5, 0.6) is 0 Å². The summed E-state index contributed by atoms with van der Waals surface area (Å²) in [6.45, 7) is 3.05. The summed E-state index contributed by atoms with van der Waals surface area (Å²) >= 11 is 0. The van der Waals surface area contributed by atoms with E-state index in [1.807, 2.05) is 0 Å². The molecular formula is C14H16N2. The molecule has 3 aliphatic rings. The third kappa shape index (κ3) is 1.55. The standard InChI is InChI=1S/C14H16N2/c1-10-6-7-11(8-10)14-12-4-2-3-5-13(12)15-9-16-14/h2-8,10,13,15-16H,9H2,1H3/t10-,13?/m1/s1. The molecule has 82 valence electrons. The van der Waals surface area contributed by atoms with Crippen molar-refractivity contribution in [2.75, 3.05) is 6.67 Å². The van der Waals surface area contributed by atoms with Crippen LogP contribution in [0, 0.1) is 5.92 Å². The summed E-state index contributed by atoms with van der Waals surface area (Å²) < 4.78 is 0. The summed E-state index contributed by atoms with van der Waals surface area (Å²) in [6, 6.07) is 0.367. The maximum atomic E-state index is 3.44. The number of rotatable bonds is 1. The first-order valence-electron chi connectivity index (χ1n) is 5.81. The molecule has 0 spiro atoms. The van der Waals surface area contributed by atoms with Crippen molar-refractivity contribution in [1.29, 1.82) is 0 Å². The van der Waals surface area contributed by atoms with Gasteiger partial charge in [-0.2, -0.15) is 0 Å². The van der Waals surface area contributed by atoms with Crippen molar-refractivity contribution in [1.82, 2.24) is 10.6 Å². The number of fused-ring (bicyclic) bond motifs is 1. The van der Waals surface area contributed by atoms with Crippen molar-refractivity contribution in [2.24, 2.45) is 5.92 Å². The van der Waals surface area contributed by atoms with Crippen LogP contribution in [0.15, 0.2) is 59.4 Å². The van der Waals surface area contributed by atoms with Gasteiger partial charge in [-0.25, -0.2) is 0 Å². The second-order valence-corrected chi connectivity index (χ2v) is 4.45. The van der Waals surface area contributed by atoms with Crippen molar-refractivity contribution in [3.63, 3.8) is 0 Å². The highest BCUT2D eigenvalue weighted by Crippen LogP contribution is 2.27. The zero-order valence-corrected chi connectivity index (χ0v) is 9.40. The van der Waals surface area contributed by atoms with Crippen molar-refractivity contribution < 1.29 is 0 Å². The first-order valence-corrected chi connectivity index (χ1v) is 5.81. The SMILES string of the molecule is C[C@@H]1C=CC(C2=C3C=CC=CC3NCN2)=C1. The van der Waals surface area contributed by atoms with Gasteiger partial charge >= 0.3 is 0 Å². The fourth-order valence-corrected chi connectivity index (χ4v) is 2.40. The minimum atomic E-state index is 0.367. The van der Waals surface area contributed by atoms with Gasteiger partial charge in [0.25, 0.3) is 0 Å². The van der Waals surface area contributed by atoms with Crippen LogP contribution in [-0.4, -0.2) is 12.7 Å². The molecule has 2 atom stereocenters. The maximum absolute atomic E-state index is 3.44. The van der Waals surface area contributed by atoms with Gasteiger partial charge in [-0.15, -0.1) is 0 Å². The number of nitrogens with one attached hydrogen (secondary N) is 2. The Morgan fingerprint density at radius 3 is 2.94 bits per heavy atom. The van der Waals surface area contributed by atoms with E-state index in [0.29, 0.717) is 12.0 Å². The van der Waals surface area contributed by atoms with Crippen LogP contribution >= 0.6 is 0 Å². The lowest BCUT2D eigenvalue weighted by Crippen LogP contribution is -2.43. The topological polar surface area (TPSA) is 24.1 Å². The van der Waals surface area contributed by atoms with Crippen LogP contribution in [0.3, 0.4) is 0 Å². The van der Waals surface area contributed by atoms with Crippen LogP contribution in [0.4, 0.5) is 0 Å². The first kappa shape index (κ1) is 9.67. The second kappa shape index (κ2) is 3.80. The fraction of sp³-hybridized carbons (Fsp3) is 0.286. The molecule has 0 saturated carbocycles. The van der Waals surface area contributed by atoms with Crippen LogP contribution in [-0.2, 0) is 0 Å². The Morgan fingerprint density at radius 2 is 2.12 bits per heavy atom. The van der Waals surface area contributed by atoms with Gasteiger partial charge in [0.05, 0.1) is 12.7 Å². The summed E-state index contributed by atoms with van der Waals surface area (Å²) in [5.74, 6) is 0.557. The molecule has 16 heavy (non-hydrogen) atoms. The average molecular weight is 212 g/mol. The zero-order valence-electron chi connectivity index (χ0n) is 9.40. The molecule has 2 nitrogen and oxygen atoms in total. The molecule has 0 amide bonds. The van der Waals surface area contributed by atoms with Gasteiger partial charge in [-0.3, -0.25) is 5.32 Å². The molecule has 1 aliphatic heterocycles. The Morgan fingerprint density at radius 1 is 1.19 bits per heavy atom. The molecule has 2 N–H and O–H groups in total. The molecule has 0 fully saturated rings. The Bertz CT molecular complexity index is 449. The van der Waals surface area contributed by atoms with Gasteiger partial charge in [0, 0.05) is 5.70 Å². The van der Waals surface area contributed by atoms with Crippen LogP contribution < -0.4 is 10.6 Å². The Hall–Kier alpha value is -1.54. The third-order valence-electron chi connectivity index (χ3n) is 3.21. The van der Waals surface area contributed by atoms with E-state index in [0.717, 1.165) is 6.67 Å². The zero-order chi connectivity index (χ0) is 11.0. The van der Waals surface area contributed by atoms with E-state index in [1.165, 1.54) is 16.8 Å². The summed E-state index contributed by atoms with van der Waals surface area (Å²) in [7, 11) is 0. The highest BCUT2D eigenvalue weighted by atomic mass is 15.1. The smallest absolute Gasteiger partial charge is 0.0660 e. The van der Waals surface area contributed by atoms with E-state index in [4.69, 9.17) is 0 Å². The van der Waals surface area contributed by atoms with Crippen molar-refractivity contribution in [2.45, 2.75) is 13.0 Å². The van der Waals surface area contributed by atoms with E-state index in [1.54, 1.807) is 0 Å². The summed E-state index contributed by atoms with van der Waals surface area (Å²) in [4.78, 5) is 0. The lowest BCUT2D eigenvalue weighted by Gasteiger charge is -2.29. The quantitative estimate of drug-likeness (QED) is 0.695. The number of hydrogen-bond donors (Lipinski definition) is 2. The fourth-order valence-electron chi connectivity index (χ4n) is 2.40. The molecule has 0 bridgehead atoms. The third-order valence-corrected chi connectivity index (χ3v) is 3.21. The Kier molecular flexibility index (Phi) is 2.29. The molecule has 1 heterocycles. The average Bonchev–Trinajstić information content (AvgIpc) is 2.75. The minimum absolute atomic E-state index is 0.367. The van der Waals surface area contributed by atoms with Crippen molar-refractivity contribution in [3.05, 3.63) is 59.4 Å². The van der Waals surface area contributed by atoms with Crippen LogP contribution in [0.2, 0.25) is 0 Å². The van der Waals surface area contributed by atoms with Crippen LogP contribution in [0.25, 0.3) is 0 Å². The predicted octanol–water partition coefficient (Wildman–Crippen LogP) is 2.02. The molecule has 0 aromatic carbocycles. The molecule has 1 unspecified atom stereocenters.